The van der Waals surface area contributed by atoms with Gasteiger partial charge in [0.15, 0.2) is 0 Å². The van der Waals surface area contributed by atoms with E-state index in [4.69, 9.17) is 4.74 Å². The van der Waals surface area contributed by atoms with Gasteiger partial charge in [-0.1, -0.05) is 57.6 Å². The molecule has 0 spiro atoms. The van der Waals surface area contributed by atoms with Gasteiger partial charge in [0.25, 0.3) is 0 Å². The summed E-state index contributed by atoms with van der Waals surface area (Å²) in [6.07, 6.45) is 10.6. The lowest BCUT2D eigenvalue weighted by Crippen LogP contribution is -2.13. The summed E-state index contributed by atoms with van der Waals surface area (Å²) in [6, 6.07) is 8.19. The Morgan fingerprint density at radius 3 is 2.13 bits per heavy atom. The van der Waals surface area contributed by atoms with Crippen molar-refractivity contribution in [1.82, 2.24) is 0 Å². The lowest BCUT2D eigenvalue weighted by atomic mass is 9.94. The zero-order chi connectivity index (χ0) is 16.9. The first kappa shape index (κ1) is 19.5. The number of aliphatic carboxylic acids is 1. The van der Waals surface area contributed by atoms with Gasteiger partial charge in [0.1, 0.15) is 5.75 Å². The topological polar surface area (TPSA) is 46.5 Å². The van der Waals surface area contributed by atoms with E-state index in [2.05, 4.69) is 19.1 Å². The molecule has 3 nitrogen and oxygen atoms in total. The summed E-state index contributed by atoms with van der Waals surface area (Å²) in [5, 5.41) is 9.30. The summed E-state index contributed by atoms with van der Waals surface area (Å²) in [4.78, 5) is 11.3. The van der Waals surface area contributed by atoms with Crippen LogP contribution in [0, 0.1) is 5.92 Å². The first-order valence-electron chi connectivity index (χ1n) is 9.03. The third-order valence-corrected chi connectivity index (χ3v) is 4.43. The van der Waals surface area contributed by atoms with Crippen LogP contribution in [-0.2, 0) is 11.2 Å². The molecule has 0 amide bonds. The lowest BCUT2D eigenvalue weighted by Gasteiger charge is -2.12. The molecule has 1 aromatic carbocycles. The Bertz CT molecular complexity index is 425. The number of carboxylic acid groups (broad SMARTS) is 1. The second kappa shape index (κ2) is 12.0. The summed E-state index contributed by atoms with van der Waals surface area (Å²) >= 11 is 0. The van der Waals surface area contributed by atoms with Crippen molar-refractivity contribution >= 4 is 5.97 Å². The molecule has 1 unspecified atom stereocenters. The summed E-state index contributed by atoms with van der Waals surface area (Å²) in [6.45, 7) is 2.18. The first-order valence-corrected chi connectivity index (χ1v) is 9.03. The summed E-state index contributed by atoms with van der Waals surface area (Å²) in [5.41, 5.74) is 1.32. The number of benzene rings is 1. The van der Waals surface area contributed by atoms with Crippen LogP contribution in [0.1, 0.15) is 70.3 Å². The smallest absolute Gasteiger partial charge is 0.306 e. The van der Waals surface area contributed by atoms with E-state index < -0.39 is 5.97 Å². The lowest BCUT2D eigenvalue weighted by molar-refractivity contribution is -0.142. The molecule has 0 aliphatic carbocycles. The average molecular weight is 320 g/mol. The van der Waals surface area contributed by atoms with Gasteiger partial charge in [-0.05, 0) is 43.4 Å². The van der Waals surface area contributed by atoms with Gasteiger partial charge in [-0.2, -0.15) is 0 Å². The Morgan fingerprint density at radius 2 is 1.61 bits per heavy atom. The van der Waals surface area contributed by atoms with Crippen molar-refractivity contribution in [3.8, 4) is 5.75 Å². The molecular weight excluding hydrogens is 288 g/mol. The number of unbranched alkanes of at least 4 members (excludes halogenated alkanes) is 5. The van der Waals surface area contributed by atoms with Gasteiger partial charge < -0.3 is 9.84 Å². The predicted octanol–water partition coefficient (Wildman–Crippen LogP) is 5.47. The number of aryl methyl sites for hydroxylation is 1. The van der Waals surface area contributed by atoms with Crippen LogP contribution < -0.4 is 4.74 Å². The molecule has 0 heterocycles. The molecule has 0 saturated carbocycles. The van der Waals surface area contributed by atoms with Gasteiger partial charge in [-0.3, -0.25) is 4.79 Å². The Morgan fingerprint density at radius 1 is 1.00 bits per heavy atom. The number of hydrogen-bond donors (Lipinski definition) is 1. The quantitative estimate of drug-likeness (QED) is 0.490. The minimum Gasteiger partial charge on any atom is -0.497 e. The van der Waals surface area contributed by atoms with Crippen LogP contribution in [0.3, 0.4) is 0 Å². The molecule has 0 fully saturated rings. The van der Waals surface area contributed by atoms with Crippen molar-refractivity contribution in [2.75, 3.05) is 7.11 Å². The second-order valence-electron chi connectivity index (χ2n) is 6.33. The van der Waals surface area contributed by atoms with Gasteiger partial charge in [-0.25, -0.2) is 0 Å². The van der Waals surface area contributed by atoms with Crippen LogP contribution in [0.4, 0.5) is 0 Å². The van der Waals surface area contributed by atoms with Crippen molar-refractivity contribution in [3.05, 3.63) is 29.8 Å². The van der Waals surface area contributed by atoms with Gasteiger partial charge in [0.2, 0.25) is 0 Å². The highest BCUT2D eigenvalue weighted by Gasteiger charge is 2.16. The van der Waals surface area contributed by atoms with Crippen molar-refractivity contribution in [2.45, 2.75) is 71.1 Å². The van der Waals surface area contributed by atoms with E-state index in [0.29, 0.717) is 0 Å². The van der Waals surface area contributed by atoms with Crippen molar-refractivity contribution in [1.29, 1.82) is 0 Å². The second-order valence-corrected chi connectivity index (χ2v) is 6.33. The van der Waals surface area contributed by atoms with E-state index in [0.717, 1.165) is 57.1 Å². The largest absolute Gasteiger partial charge is 0.497 e. The molecule has 1 atom stereocenters. The molecule has 0 saturated heterocycles. The van der Waals surface area contributed by atoms with Crippen molar-refractivity contribution in [2.24, 2.45) is 5.92 Å². The van der Waals surface area contributed by atoms with Crippen LogP contribution in [0.15, 0.2) is 24.3 Å². The Hall–Kier alpha value is -1.51. The fraction of sp³-hybridized carbons (Fsp3) is 0.650. The number of hydrogen-bond acceptors (Lipinski definition) is 2. The van der Waals surface area contributed by atoms with Gasteiger partial charge in [-0.15, -0.1) is 0 Å². The maximum absolute atomic E-state index is 11.3. The number of rotatable bonds is 13. The van der Waals surface area contributed by atoms with Crippen LogP contribution in [0.25, 0.3) is 0 Å². The van der Waals surface area contributed by atoms with Crippen molar-refractivity contribution < 1.29 is 14.6 Å². The highest BCUT2D eigenvalue weighted by atomic mass is 16.5. The molecule has 23 heavy (non-hydrogen) atoms. The van der Waals surface area contributed by atoms with Crippen molar-refractivity contribution in [3.63, 3.8) is 0 Å². The SMILES string of the molecule is CCCCCCC(CCCCCc1ccc(OC)cc1)C(=O)O. The monoisotopic (exact) mass is 320 g/mol. The predicted molar refractivity (Wildman–Crippen MR) is 95.1 cm³/mol. The molecule has 0 aromatic heterocycles. The maximum Gasteiger partial charge on any atom is 0.306 e. The van der Waals surface area contributed by atoms with Crippen LogP contribution in [-0.4, -0.2) is 18.2 Å². The molecule has 0 bridgehead atoms. The number of carbonyl (C=O) groups is 1. The van der Waals surface area contributed by atoms with Gasteiger partial charge in [0.05, 0.1) is 13.0 Å². The van der Waals surface area contributed by atoms with E-state index >= 15 is 0 Å². The van der Waals surface area contributed by atoms with E-state index in [1.54, 1.807) is 7.11 Å². The molecule has 1 aromatic rings. The van der Waals surface area contributed by atoms with E-state index in [9.17, 15) is 9.90 Å². The third kappa shape index (κ3) is 8.63. The summed E-state index contributed by atoms with van der Waals surface area (Å²) < 4.78 is 5.15. The van der Waals surface area contributed by atoms with Gasteiger partial charge >= 0.3 is 5.97 Å². The standard InChI is InChI=1S/C20H32O3/c1-3-4-5-8-11-18(20(21)22)12-9-6-7-10-17-13-15-19(23-2)16-14-17/h13-16,18H,3-12H2,1-2H3,(H,21,22). The van der Waals surface area contributed by atoms with Crippen LogP contribution in [0.2, 0.25) is 0 Å². The molecule has 3 heteroatoms. The van der Waals surface area contributed by atoms with E-state index in [1.807, 2.05) is 12.1 Å². The highest BCUT2D eigenvalue weighted by Crippen LogP contribution is 2.19. The Kier molecular flexibility index (Phi) is 10.2. The van der Waals surface area contributed by atoms with Crippen LogP contribution in [0.5, 0.6) is 5.75 Å². The fourth-order valence-corrected chi connectivity index (χ4v) is 2.90. The molecule has 0 aliphatic rings. The van der Waals surface area contributed by atoms with Gasteiger partial charge in [0, 0.05) is 0 Å². The third-order valence-electron chi connectivity index (χ3n) is 4.43. The maximum atomic E-state index is 11.3. The molecule has 130 valence electrons. The summed E-state index contributed by atoms with van der Waals surface area (Å²) in [5.74, 6) is 0.130. The number of methoxy groups -OCH3 is 1. The first-order chi connectivity index (χ1) is 11.2. The normalized spacial score (nSPS) is 12.1. The molecular formula is C20H32O3. The minimum absolute atomic E-state index is 0.146. The average Bonchev–Trinajstić information content (AvgIpc) is 2.56. The van der Waals surface area contributed by atoms with E-state index in [1.165, 1.54) is 18.4 Å². The fourth-order valence-electron chi connectivity index (χ4n) is 2.90. The minimum atomic E-state index is -0.614. The molecule has 0 aliphatic heterocycles. The Balaban J connectivity index is 2.16. The summed E-state index contributed by atoms with van der Waals surface area (Å²) in [7, 11) is 1.68. The molecule has 1 rings (SSSR count). The zero-order valence-corrected chi connectivity index (χ0v) is 14.7. The number of ether oxygens (including phenoxy) is 1. The highest BCUT2D eigenvalue weighted by molar-refractivity contribution is 5.69. The molecule has 0 radical (unpaired) electrons. The van der Waals surface area contributed by atoms with Crippen LogP contribution >= 0.6 is 0 Å². The zero-order valence-electron chi connectivity index (χ0n) is 14.7. The molecule has 1 N–H and O–H groups in total. The Labute approximate surface area is 141 Å². The number of carboxylic acids is 1. The van der Waals surface area contributed by atoms with E-state index in [-0.39, 0.29) is 5.92 Å².